The summed E-state index contributed by atoms with van der Waals surface area (Å²) < 4.78 is 21.4. The minimum atomic E-state index is -0.304. The second-order valence-corrected chi connectivity index (χ2v) is 9.55. The van der Waals surface area contributed by atoms with Crippen LogP contribution >= 0.6 is 11.8 Å². The summed E-state index contributed by atoms with van der Waals surface area (Å²) in [7, 11) is 6.45. The fourth-order valence-electron chi connectivity index (χ4n) is 4.32. The first-order chi connectivity index (χ1) is 18.5. The van der Waals surface area contributed by atoms with Crippen LogP contribution in [0.2, 0.25) is 0 Å². The fraction of sp³-hybridized carbons (Fsp3) is 0.207. The van der Waals surface area contributed by atoms with Crippen molar-refractivity contribution in [2.24, 2.45) is 10.1 Å². The van der Waals surface area contributed by atoms with Crippen LogP contribution in [0, 0.1) is 0 Å². The lowest BCUT2D eigenvalue weighted by atomic mass is 9.98. The van der Waals surface area contributed by atoms with Crippen molar-refractivity contribution in [3.63, 3.8) is 0 Å². The molecule has 0 aliphatic carbocycles. The van der Waals surface area contributed by atoms with Crippen molar-refractivity contribution in [3.05, 3.63) is 88.3 Å². The van der Waals surface area contributed by atoms with Gasteiger partial charge in [-0.25, -0.2) is 5.01 Å². The number of thioether (sulfide) groups is 1. The molecule has 3 aromatic carbocycles. The Hall–Kier alpha value is -4.24. The third kappa shape index (κ3) is 5.10. The molecular weight excluding hydrogens is 502 g/mol. The van der Waals surface area contributed by atoms with Crippen molar-refractivity contribution in [1.29, 1.82) is 0 Å². The highest BCUT2D eigenvalue weighted by molar-refractivity contribution is 8.18. The summed E-state index contributed by atoms with van der Waals surface area (Å²) in [5.41, 5.74) is 3.75. The van der Waals surface area contributed by atoms with Crippen molar-refractivity contribution >= 4 is 34.6 Å². The topological polar surface area (TPSA) is 82.0 Å². The summed E-state index contributed by atoms with van der Waals surface area (Å²) in [6.07, 6.45) is 2.46. The van der Waals surface area contributed by atoms with Gasteiger partial charge in [-0.1, -0.05) is 18.2 Å². The molecule has 1 amide bonds. The zero-order valence-electron chi connectivity index (χ0n) is 21.5. The summed E-state index contributed by atoms with van der Waals surface area (Å²) in [4.78, 5) is 17.8. The molecule has 194 valence electrons. The third-order valence-electron chi connectivity index (χ3n) is 6.34. The molecule has 2 aliphatic heterocycles. The number of benzene rings is 3. The summed E-state index contributed by atoms with van der Waals surface area (Å²) in [5, 5.41) is 7.31. The van der Waals surface area contributed by atoms with E-state index in [0.717, 1.165) is 33.9 Å². The molecule has 5 rings (SSSR count). The number of hydrazone groups is 1. The zero-order chi connectivity index (χ0) is 26.6. The maximum Gasteiger partial charge on any atom is 0.286 e. The number of amidine groups is 1. The predicted octanol–water partition coefficient (Wildman–Crippen LogP) is 5.54. The Bertz CT molecular complexity index is 1430. The summed E-state index contributed by atoms with van der Waals surface area (Å²) in [6, 6.07) is 21.1. The second kappa shape index (κ2) is 11.0. The van der Waals surface area contributed by atoms with Crippen LogP contribution in [0.5, 0.6) is 23.0 Å². The molecule has 2 aliphatic rings. The van der Waals surface area contributed by atoms with Gasteiger partial charge in [-0.05, 0) is 83.1 Å². The predicted molar refractivity (Wildman–Crippen MR) is 149 cm³/mol. The van der Waals surface area contributed by atoms with Gasteiger partial charge in [0.05, 0.1) is 45.1 Å². The van der Waals surface area contributed by atoms with Gasteiger partial charge in [-0.2, -0.15) is 10.1 Å². The Labute approximate surface area is 225 Å². The number of hydrogen-bond donors (Lipinski definition) is 0. The lowest BCUT2D eigenvalue weighted by Crippen LogP contribution is -2.23. The minimum absolute atomic E-state index is 0.127. The molecule has 3 aromatic rings. The standard InChI is InChI=1S/C29H27N3O5S/c1-34-21-10-6-19(7-11-21)23-17-24(20-8-12-22(35-2)13-9-20)32(31-23)29-30-28(33)27(38-29)16-18-5-14-25(36-3)26(15-18)37-4/h5-16,24H,17H2,1-4H3/b27-16-. The SMILES string of the molecule is COc1ccc(C2=NN(C3=NC(=O)/C(=C/c4ccc(OC)c(OC)c4)S3)C(c3ccc(OC)cc3)C2)cc1. The maximum atomic E-state index is 12.9. The van der Waals surface area contributed by atoms with E-state index in [0.29, 0.717) is 28.0 Å². The Balaban J connectivity index is 1.46. The molecule has 8 nitrogen and oxygen atoms in total. The first-order valence-corrected chi connectivity index (χ1v) is 12.7. The van der Waals surface area contributed by atoms with Crippen LogP contribution in [0.25, 0.3) is 6.08 Å². The van der Waals surface area contributed by atoms with Crippen LogP contribution in [0.3, 0.4) is 0 Å². The molecule has 0 aromatic heterocycles. The van der Waals surface area contributed by atoms with Crippen molar-refractivity contribution in [1.82, 2.24) is 5.01 Å². The van der Waals surface area contributed by atoms with Crippen molar-refractivity contribution in [3.8, 4) is 23.0 Å². The van der Waals surface area contributed by atoms with E-state index in [-0.39, 0.29) is 11.9 Å². The number of amides is 1. The van der Waals surface area contributed by atoms with Gasteiger partial charge < -0.3 is 18.9 Å². The number of carbonyl (C=O) groups is 1. The molecule has 0 spiro atoms. The minimum Gasteiger partial charge on any atom is -0.497 e. The zero-order valence-corrected chi connectivity index (χ0v) is 22.3. The van der Waals surface area contributed by atoms with Gasteiger partial charge in [0.25, 0.3) is 5.91 Å². The van der Waals surface area contributed by atoms with Crippen molar-refractivity contribution in [2.75, 3.05) is 28.4 Å². The fourth-order valence-corrected chi connectivity index (χ4v) is 5.24. The van der Waals surface area contributed by atoms with E-state index >= 15 is 0 Å². The van der Waals surface area contributed by atoms with Crippen LogP contribution in [-0.2, 0) is 4.79 Å². The normalized spacial score (nSPS) is 17.9. The molecule has 2 heterocycles. The highest BCUT2D eigenvalue weighted by atomic mass is 32.2. The molecule has 0 radical (unpaired) electrons. The molecule has 0 fully saturated rings. The maximum absolute atomic E-state index is 12.9. The lowest BCUT2D eigenvalue weighted by molar-refractivity contribution is -0.113. The summed E-state index contributed by atoms with van der Waals surface area (Å²) in [6.45, 7) is 0. The first-order valence-electron chi connectivity index (χ1n) is 11.9. The highest BCUT2D eigenvalue weighted by Gasteiger charge is 2.36. The Morgan fingerprint density at radius 3 is 2.13 bits per heavy atom. The van der Waals surface area contributed by atoms with Crippen molar-refractivity contribution in [2.45, 2.75) is 12.5 Å². The van der Waals surface area contributed by atoms with E-state index in [1.165, 1.54) is 11.8 Å². The van der Waals surface area contributed by atoms with Gasteiger partial charge in [0.15, 0.2) is 16.7 Å². The van der Waals surface area contributed by atoms with Gasteiger partial charge in [0.2, 0.25) is 0 Å². The number of ether oxygens (including phenoxy) is 4. The van der Waals surface area contributed by atoms with Crippen LogP contribution < -0.4 is 18.9 Å². The second-order valence-electron chi connectivity index (χ2n) is 8.54. The van der Waals surface area contributed by atoms with Gasteiger partial charge in [-0.15, -0.1) is 0 Å². The van der Waals surface area contributed by atoms with Crippen LogP contribution in [0.4, 0.5) is 0 Å². The highest BCUT2D eigenvalue weighted by Crippen LogP contribution is 2.40. The van der Waals surface area contributed by atoms with Gasteiger partial charge in [0, 0.05) is 6.42 Å². The molecule has 0 bridgehead atoms. The largest absolute Gasteiger partial charge is 0.497 e. The van der Waals surface area contributed by atoms with E-state index < -0.39 is 0 Å². The van der Waals surface area contributed by atoms with Gasteiger partial charge in [0.1, 0.15) is 11.5 Å². The molecule has 0 saturated heterocycles. The number of hydrogen-bond acceptors (Lipinski definition) is 8. The molecule has 9 heteroatoms. The van der Waals surface area contributed by atoms with Crippen LogP contribution in [-0.4, -0.2) is 50.2 Å². The Morgan fingerprint density at radius 2 is 1.50 bits per heavy atom. The third-order valence-corrected chi connectivity index (χ3v) is 7.32. The first kappa shape index (κ1) is 25.4. The quantitative estimate of drug-likeness (QED) is 0.372. The van der Waals surface area contributed by atoms with E-state index in [1.54, 1.807) is 34.5 Å². The molecule has 1 atom stereocenters. The average Bonchev–Trinajstić information content (AvgIpc) is 3.57. The average molecular weight is 530 g/mol. The number of carbonyl (C=O) groups excluding carboxylic acids is 1. The van der Waals surface area contributed by atoms with Crippen LogP contribution in [0.1, 0.15) is 29.2 Å². The molecule has 0 saturated carbocycles. The number of methoxy groups -OCH3 is 4. The molecule has 0 N–H and O–H groups in total. The number of nitrogens with zero attached hydrogens (tertiary/aromatic N) is 3. The van der Waals surface area contributed by atoms with E-state index in [4.69, 9.17) is 24.0 Å². The smallest absolute Gasteiger partial charge is 0.286 e. The number of aliphatic imine (C=N–C) groups is 1. The van der Waals surface area contributed by atoms with E-state index in [9.17, 15) is 4.79 Å². The van der Waals surface area contributed by atoms with Crippen LogP contribution in [0.15, 0.2) is 81.7 Å². The van der Waals surface area contributed by atoms with Gasteiger partial charge in [-0.3, -0.25) is 4.79 Å². The summed E-state index contributed by atoms with van der Waals surface area (Å²) >= 11 is 1.31. The van der Waals surface area contributed by atoms with E-state index in [1.807, 2.05) is 71.7 Å². The van der Waals surface area contributed by atoms with Crippen molar-refractivity contribution < 1.29 is 23.7 Å². The molecular formula is C29H27N3O5S. The monoisotopic (exact) mass is 529 g/mol. The Morgan fingerprint density at radius 1 is 0.842 bits per heavy atom. The lowest BCUT2D eigenvalue weighted by Gasteiger charge is -2.22. The molecule has 1 unspecified atom stereocenters. The Kier molecular flexibility index (Phi) is 7.37. The number of rotatable bonds is 7. The summed E-state index contributed by atoms with van der Waals surface area (Å²) in [5.74, 6) is 2.46. The van der Waals surface area contributed by atoms with E-state index in [2.05, 4.69) is 4.99 Å². The van der Waals surface area contributed by atoms with Gasteiger partial charge >= 0.3 is 0 Å². The molecule has 38 heavy (non-hydrogen) atoms.